The first-order valence-corrected chi connectivity index (χ1v) is 5.26. The van der Waals surface area contributed by atoms with Gasteiger partial charge in [-0.05, 0) is 18.6 Å². The summed E-state index contributed by atoms with van der Waals surface area (Å²) in [6.45, 7) is 0. The van der Waals surface area contributed by atoms with E-state index in [1.54, 1.807) is 0 Å². The van der Waals surface area contributed by atoms with Crippen molar-refractivity contribution in [3.05, 3.63) is 35.4 Å². The smallest absolute Gasteiger partial charge is 0.202 e. The van der Waals surface area contributed by atoms with E-state index in [-0.39, 0.29) is 17.5 Å². The highest BCUT2D eigenvalue weighted by Crippen LogP contribution is 2.45. The number of nitrogen functional groups attached to an aromatic ring is 1. The van der Waals surface area contributed by atoms with Gasteiger partial charge in [0.05, 0.1) is 5.69 Å². The predicted octanol–water partition coefficient (Wildman–Crippen LogP) is 2.64. The molecule has 0 radical (unpaired) electrons. The summed E-state index contributed by atoms with van der Waals surface area (Å²) in [6, 6.07) is 2.70. The molecule has 2 unspecified atom stereocenters. The molecule has 84 valence electrons. The van der Waals surface area contributed by atoms with Crippen molar-refractivity contribution < 1.29 is 13.5 Å². The van der Waals surface area contributed by atoms with Gasteiger partial charge in [0.25, 0.3) is 0 Å². The molecule has 0 spiro atoms. The Kier molecular flexibility index (Phi) is 1.93. The van der Waals surface area contributed by atoms with Gasteiger partial charge >= 0.3 is 0 Å². The Balaban J connectivity index is 1.79. The maximum absolute atomic E-state index is 13.4. The van der Waals surface area contributed by atoms with E-state index in [9.17, 15) is 8.78 Å². The highest BCUT2D eigenvalue weighted by atomic mass is 19.2. The van der Waals surface area contributed by atoms with Crippen molar-refractivity contribution in [3.63, 3.8) is 0 Å². The molecule has 0 heterocycles. The molecule has 2 aliphatic carbocycles. The fourth-order valence-electron chi connectivity index (χ4n) is 2.19. The van der Waals surface area contributed by atoms with Gasteiger partial charge in [0.1, 0.15) is 6.10 Å². The number of hydrogen-bond acceptors (Lipinski definition) is 2. The second kappa shape index (κ2) is 3.20. The minimum atomic E-state index is -1.03. The Morgan fingerprint density at radius 2 is 2.06 bits per heavy atom. The van der Waals surface area contributed by atoms with Crippen LogP contribution in [0.1, 0.15) is 12.8 Å². The molecule has 4 heteroatoms. The van der Waals surface area contributed by atoms with Crippen LogP contribution in [0.15, 0.2) is 23.8 Å². The van der Waals surface area contributed by atoms with Crippen molar-refractivity contribution in [3.8, 4) is 5.75 Å². The molecule has 16 heavy (non-hydrogen) atoms. The van der Waals surface area contributed by atoms with Crippen molar-refractivity contribution in [1.82, 2.24) is 0 Å². The van der Waals surface area contributed by atoms with Crippen LogP contribution in [0.5, 0.6) is 5.75 Å². The van der Waals surface area contributed by atoms with Gasteiger partial charge < -0.3 is 10.5 Å². The standard InChI is InChI=1S/C12H11F2NO/c13-11-9(15)1-2-10(12(11)14)16-8-4-6-3-7(6)5-8/h1-3,6,8H,4-5,15H2. The molecule has 0 aliphatic heterocycles. The van der Waals surface area contributed by atoms with E-state index in [1.807, 2.05) is 0 Å². The molecule has 0 bridgehead atoms. The number of ether oxygens (including phenoxy) is 1. The van der Waals surface area contributed by atoms with Gasteiger partial charge in [-0.15, -0.1) is 0 Å². The Morgan fingerprint density at radius 1 is 1.25 bits per heavy atom. The minimum Gasteiger partial charge on any atom is -0.487 e. The van der Waals surface area contributed by atoms with Crippen LogP contribution in [-0.2, 0) is 0 Å². The molecule has 0 aromatic heterocycles. The van der Waals surface area contributed by atoms with Gasteiger partial charge in [0.2, 0.25) is 5.82 Å². The van der Waals surface area contributed by atoms with Crippen LogP contribution in [0.2, 0.25) is 0 Å². The zero-order valence-corrected chi connectivity index (χ0v) is 8.54. The number of allylic oxidation sites excluding steroid dienone is 1. The number of benzene rings is 1. The molecule has 1 aromatic carbocycles. The van der Waals surface area contributed by atoms with E-state index in [0.29, 0.717) is 5.92 Å². The fraction of sp³-hybridized carbons (Fsp3) is 0.333. The normalized spacial score (nSPS) is 26.2. The van der Waals surface area contributed by atoms with Gasteiger partial charge in [0, 0.05) is 12.3 Å². The van der Waals surface area contributed by atoms with E-state index in [0.717, 1.165) is 12.8 Å². The molecule has 1 saturated carbocycles. The molecule has 1 aromatic rings. The number of rotatable bonds is 2. The second-order valence-corrected chi connectivity index (χ2v) is 4.31. The molecule has 2 aliphatic rings. The molecule has 2 nitrogen and oxygen atoms in total. The van der Waals surface area contributed by atoms with Crippen LogP contribution in [-0.4, -0.2) is 6.10 Å². The van der Waals surface area contributed by atoms with Gasteiger partial charge in [-0.3, -0.25) is 0 Å². The van der Waals surface area contributed by atoms with Crippen LogP contribution in [0.4, 0.5) is 14.5 Å². The molecular formula is C12H11F2NO. The zero-order chi connectivity index (χ0) is 11.3. The summed E-state index contributed by atoms with van der Waals surface area (Å²) in [4.78, 5) is 0. The summed E-state index contributed by atoms with van der Waals surface area (Å²) in [5.74, 6) is -1.51. The average Bonchev–Trinajstić information content (AvgIpc) is 2.88. The molecule has 1 fully saturated rings. The summed E-state index contributed by atoms with van der Waals surface area (Å²) in [5, 5.41) is 0. The second-order valence-electron chi connectivity index (χ2n) is 4.31. The molecular weight excluding hydrogens is 212 g/mol. The van der Waals surface area contributed by atoms with Crippen LogP contribution in [0, 0.1) is 17.6 Å². The molecule has 2 atom stereocenters. The van der Waals surface area contributed by atoms with Crippen molar-refractivity contribution in [1.29, 1.82) is 0 Å². The minimum absolute atomic E-state index is 0.0254. The lowest BCUT2D eigenvalue weighted by Crippen LogP contribution is -2.14. The van der Waals surface area contributed by atoms with E-state index in [2.05, 4.69) is 6.08 Å². The summed E-state index contributed by atoms with van der Waals surface area (Å²) < 4.78 is 32.0. The quantitative estimate of drug-likeness (QED) is 0.618. The summed E-state index contributed by atoms with van der Waals surface area (Å²) in [5.41, 5.74) is 6.43. The Morgan fingerprint density at radius 3 is 2.75 bits per heavy atom. The first kappa shape index (κ1) is 9.63. The maximum Gasteiger partial charge on any atom is 0.202 e. The van der Waals surface area contributed by atoms with Crippen LogP contribution >= 0.6 is 0 Å². The maximum atomic E-state index is 13.4. The van der Waals surface area contributed by atoms with Crippen LogP contribution in [0.3, 0.4) is 0 Å². The SMILES string of the molecule is Nc1ccc(OC2CC3=CC3C2)c(F)c1F. The monoisotopic (exact) mass is 223 g/mol. The van der Waals surface area contributed by atoms with E-state index < -0.39 is 11.6 Å². The third-order valence-corrected chi connectivity index (χ3v) is 3.13. The molecule has 0 saturated heterocycles. The summed E-state index contributed by atoms with van der Waals surface area (Å²) >= 11 is 0. The first-order valence-electron chi connectivity index (χ1n) is 5.26. The third-order valence-electron chi connectivity index (χ3n) is 3.13. The largest absolute Gasteiger partial charge is 0.487 e. The zero-order valence-electron chi connectivity index (χ0n) is 8.54. The highest BCUT2D eigenvalue weighted by molar-refractivity contribution is 5.45. The average molecular weight is 223 g/mol. The van der Waals surface area contributed by atoms with Crippen molar-refractivity contribution in [2.45, 2.75) is 18.9 Å². The first-order chi connectivity index (χ1) is 7.65. The molecule has 0 amide bonds. The van der Waals surface area contributed by atoms with Crippen LogP contribution < -0.4 is 10.5 Å². The number of fused-ring (bicyclic) bond motifs is 1. The lowest BCUT2D eigenvalue weighted by molar-refractivity contribution is 0.195. The number of nitrogens with two attached hydrogens (primary N) is 1. The Labute approximate surface area is 91.7 Å². The Bertz CT molecular complexity index is 484. The van der Waals surface area contributed by atoms with E-state index >= 15 is 0 Å². The van der Waals surface area contributed by atoms with Crippen molar-refractivity contribution in [2.75, 3.05) is 5.73 Å². The third kappa shape index (κ3) is 1.45. The van der Waals surface area contributed by atoms with Gasteiger partial charge in [-0.1, -0.05) is 11.6 Å². The number of anilines is 1. The topological polar surface area (TPSA) is 35.2 Å². The summed E-state index contributed by atoms with van der Waals surface area (Å²) in [6.07, 6.45) is 3.86. The van der Waals surface area contributed by atoms with Crippen LogP contribution in [0.25, 0.3) is 0 Å². The number of hydrogen-bond donors (Lipinski definition) is 1. The lowest BCUT2D eigenvalue weighted by Gasteiger charge is -2.15. The summed E-state index contributed by atoms with van der Waals surface area (Å²) in [7, 11) is 0. The van der Waals surface area contributed by atoms with Gasteiger partial charge in [0.15, 0.2) is 11.6 Å². The van der Waals surface area contributed by atoms with Crippen molar-refractivity contribution >= 4 is 5.69 Å². The highest BCUT2D eigenvalue weighted by Gasteiger charge is 2.38. The van der Waals surface area contributed by atoms with E-state index in [4.69, 9.17) is 10.5 Å². The Hall–Kier alpha value is -1.58. The van der Waals surface area contributed by atoms with Crippen molar-refractivity contribution in [2.24, 2.45) is 5.92 Å². The fourth-order valence-corrected chi connectivity index (χ4v) is 2.19. The molecule has 3 rings (SSSR count). The van der Waals surface area contributed by atoms with Gasteiger partial charge in [-0.25, -0.2) is 4.39 Å². The number of halogens is 2. The molecule has 2 N–H and O–H groups in total. The van der Waals surface area contributed by atoms with E-state index in [1.165, 1.54) is 17.7 Å². The predicted molar refractivity (Wildman–Crippen MR) is 56.0 cm³/mol. The lowest BCUT2D eigenvalue weighted by atomic mass is 10.2. The van der Waals surface area contributed by atoms with Gasteiger partial charge in [-0.2, -0.15) is 4.39 Å².